The average Bonchev–Trinajstić information content (AvgIpc) is 3.59. The summed E-state index contributed by atoms with van der Waals surface area (Å²) in [5.41, 5.74) is -0.424. The second-order valence-electron chi connectivity index (χ2n) is 14.4. The van der Waals surface area contributed by atoms with Crippen LogP contribution in [0.5, 0.6) is 0 Å². The monoisotopic (exact) mass is 660 g/mol. The lowest BCUT2D eigenvalue weighted by Crippen LogP contribution is -2.61. The molecule has 11 heteroatoms. The third-order valence-electron chi connectivity index (χ3n) is 11.9. The number of Topliss-reactive ketones (excluding diaryl/α,β-unsaturated/α-hetero) is 1. The maximum absolute atomic E-state index is 13.6. The highest BCUT2D eigenvalue weighted by Crippen LogP contribution is 2.67. The minimum atomic E-state index is -1.78. The second-order valence-corrected chi connectivity index (χ2v) is 14.4. The van der Waals surface area contributed by atoms with Gasteiger partial charge in [0.25, 0.3) is 0 Å². The Morgan fingerprint density at radius 3 is 2.67 bits per heavy atom. The molecule has 0 unspecified atom stereocenters. The molecule has 3 saturated carbocycles. The van der Waals surface area contributed by atoms with Gasteiger partial charge in [-0.3, -0.25) is 19.2 Å². The average molecular weight is 661 g/mol. The van der Waals surface area contributed by atoms with Crippen LogP contribution in [0.15, 0.2) is 54.3 Å². The van der Waals surface area contributed by atoms with Crippen molar-refractivity contribution in [1.82, 2.24) is 10.3 Å². The van der Waals surface area contributed by atoms with E-state index in [1.54, 1.807) is 18.3 Å². The van der Waals surface area contributed by atoms with Crippen LogP contribution in [0.4, 0.5) is 0 Å². The maximum Gasteiger partial charge on any atom is 0.328 e. The van der Waals surface area contributed by atoms with Gasteiger partial charge < -0.3 is 30.0 Å². The molecule has 4 N–H and O–H groups in total. The number of aromatic nitrogens is 1. The lowest BCUT2D eigenvalue weighted by Gasteiger charge is -2.59. The number of nitrogens with one attached hydrogen (secondary N) is 2. The number of aromatic amines is 1. The Morgan fingerprint density at radius 1 is 1.12 bits per heavy atom. The van der Waals surface area contributed by atoms with E-state index in [-0.39, 0.29) is 55.6 Å². The van der Waals surface area contributed by atoms with Crippen LogP contribution in [0.1, 0.15) is 64.4 Å². The molecule has 4 aliphatic carbocycles. The number of methoxy groups -OCH3 is 1. The molecule has 8 atom stereocenters. The Bertz CT molecular complexity index is 1710. The summed E-state index contributed by atoms with van der Waals surface area (Å²) >= 11 is 0. The molecule has 0 radical (unpaired) electrons. The fourth-order valence-corrected chi connectivity index (χ4v) is 9.46. The molecule has 0 bridgehead atoms. The van der Waals surface area contributed by atoms with Gasteiger partial charge in [-0.25, -0.2) is 4.79 Å². The number of H-pyrrole nitrogens is 1. The van der Waals surface area contributed by atoms with E-state index >= 15 is 0 Å². The molecule has 48 heavy (non-hydrogen) atoms. The lowest BCUT2D eigenvalue weighted by atomic mass is 9.46. The van der Waals surface area contributed by atoms with Crippen LogP contribution >= 0.6 is 0 Å². The largest absolute Gasteiger partial charge is 0.467 e. The number of allylic oxidation sites excluding steroid dienone is 4. The van der Waals surface area contributed by atoms with Crippen LogP contribution in [0.2, 0.25) is 0 Å². The fraction of sp³-hybridized carbons (Fsp3) is 0.541. The zero-order valence-corrected chi connectivity index (χ0v) is 27.6. The SMILES string of the molecule is COC(=O)[C@H](Cc1c[nH]c2ccccc12)NC(=O)CCC(=O)OCC(=O)[C@]1(O)CC[C@H]2[C@@H]3CCC4=CC(=O)C=C[C@]4(C)[C@H]3[C@@H](O)C[C@@]21C. The smallest absolute Gasteiger partial charge is 0.328 e. The first-order chi connectivity index (χ1) is 22.8. The van der Waals surface area contributed by atoms with Crippen LogP contribution in [0.3, 0.4) is 0 Å². The number of ether oxygens (including phenoxy) is 2. The Balaban J connectivity index is 1.04. The number of carbonyl (C=O) groups is 5. The van der Waals surface area contributed by atoms with E-state index in [4.69, 9.17) is 9.47 Å². The molecule has 3 fully saturated rings. The molecule has 1 aromatic heterocycles. The molecule has 1 heterocycles. The molecule has 0 aliphatic heterocycles. The standard InChI is InChI=1S/C37H44N2O9/c1-35-14-12-23(40)17-22(35)8-9-25-26-13-15-37(46,36(26,2)18-29(41)33(25)35)30(42)20-48-32(44)11-10-31(43)39-28(34(45)47-3)16-21-19-38-27-7-5-4-6-24(21)27/h4-7,12,14,17,19,25-26,28-29,33,38,41,46H,8-11,13,15-16,18,20H2,1-3H3,(H,39,43)/t25-,26-,28-,29-,33+,35-,36-,37+/m0/s1. The van der Waals surface area contributed by atoms with Crippen molar-refractivity contribution >= 4 is 40.3 Å². The number of hydrogen-bond donors (Lipinski definition) is 4. The summed E-state index contributed by atoms with van der Waals surface area (Å²) in [6, 6.07) is 6.61. The summed E-state index contributed by atoms with van der Waals surface area (Å²) in [5, 5.41) is 27.0. The van der Waals surface area contributed by atoms with Gasteiger partial charge >= 0.3 is 11.9 Å². The highest BCUT2D eigenvalue weighted by Gasteiger charge is 2.68. The molecular weight excluding hydrogens is 616 g/mol. The number of benzene rings is 1. The number of para-hydroxylation sites is 1. The third kappa shape index (κ3) is 5.70. The quantitative estimate of drug-likeness (QED) is 0.279. The van der Waals surface area contributed by atoms with Crippen LogP contribution in [0.25, 0.3) is 10.9 Å². The van der Waals surface area contributed by atoms with Gasteiger partial charge in [0.1, 0.15) is 11.6 Å². The van der Waals surface area contributed by atoms with Gasteiger partial charge in [0, 0.05) is 46.7 Å². The Kier molecular flexibility index (Phi) is 8.97. The molecule has 1 aromatic carbocycles. The summed E-state index contributed by atoms with van der Waals surface area (Å²) in [5.74, 6) is -2.74. The number of aliphatic hydroxyl groups excluding tert-OH is 1. The van der Waals surface area contributed by atoms with Gasteiger partial charge in [-0.15, -0.1) is 0 Å². The number of esters is 2. The highest BCUT2D eigenvalue weighted by molar-refractivity contribution is 6.01. The minimum Gasteiger partial charge on any atom is -0.467 e. The summed E-state index contributed by atoms with van der Waals surface area (Å²) in [6.45, 7) is 3.27. The first kappa shape index (κ1) is 33.8. The fourth-order valence-electron chi connectivity index (χ4n) is 9.46. The van der Waals surface area contributed by atoms with Crippen molar-refractivity contribution in [2.24, 2.45) is 28.6 Å². The van der Waals surface area contributed by atoms with Crippen LogP contribution in [-0.4, -0.2) is 76.1 Å². The van der Waals surface area contributed by atoms with E-state index in [1.807, 2.05) is 37.3 Å². The molecule has 0 spiro atoms. The van der Waals surface area contributed by atoms with Crippen molar-refractivity contribution in [2.45, 2.75) is 83.0 Å². The Morgan fingerprint density at radius 2 is 1.90 bits per heavy atom. The predicted octanol–water partition coefficient (Wildman–Crippen LogP) is 3.27. The van der Waals surface area contributed by atoms with Gasteiger partial charge in [0.2, 0.25) is 11.7 Å². The van der Waals surface area contributed by atoms with E-state index in [1.165, 1.54) is 7.11 Å². The number of rotatable bonds is 10. The van der Waals surface area contributed by atoms with Gasteiger partial charge in [-0.2, -0.15) is 0 Å². The molecule has 0 saturated heterocycles. The van der Waals surface area contributed by atoms with Crippen LogP contribution < -0.4 is 5.32 Å². The zero-order valence-electron chi connectivity index (χ0n) is 27.6. The number of carbonyl (C=O) groups excluding carboxylic acids is 5. The van der Waals surface area contributed by atoms with Gasteiger partial charge in [0.05, 0.1) is 19.6 Å². The van der Waals surface area contributed by atoms with Gasteiger partial charge in [-0.05, 0) is 67.7 Å². The Labute approximate surface area is 279 Å². The minimum absolute atomic E-state index is 0.0318. The van der Waals surface area contributed by atoms with E-state index in [0.29, 0.717) is 12.8 Å². The lowest BCUT2D eigenvalue weighted by molar-refractivity contribution is -0.181. The molecule has 11 nitrogen and oxygen atoms in total. The van der Waals surface area contributed by atoms with Crippen LogP contribution in [0, 0.1) is 28.6 Å². The predicted molar refractivity (Wildman–Crippen MR) is 174 cm³/mol. The second kappa shape index (κ2) is 12.7. The van der Waals surface area contributed by atoms with Gasteiger partial charge in [0.15, 0.2) is 12.4 Å². The van der Waals surface area contributed by atoms with Crippen molar-refractivity contribution in [1.29, 1.82) is 0 Å². The number of hydrogen-bond acceptors (Lipinski definition) is 9. The normalized spacial score (nSPS) is 32.8. The van der Waals surface area contributed by atoms with Crippen molar-refractivity contribution in [3.05, 3.63) is 59.8 Å². The number of aliphatic hydroxyl groups is 2. The first-order valence-corrected chi connectivity index (χ1v) is 16.8. The van der Waals surface area contributed by atoms with E-state index in [0.717, 1.165) is 28.5 Å². The molecule has 2 aromatic rings. The van der Waals surface area contributed by atoms with Crippen molar-refractivity contribution < 1.29 is 43.7 Å². The topological polar surface area (TPSA) is 172 Å². The summed E-state index contributed by atoms with van der Waals surface area (Å²) in [6.07, 6.45) is 8.20. The maximum atomic E-state index is 13.6. The number of amides is 1. The van der Waals surface area contributed by atoms with E-state index < -0.39 is 58.8 Å². The third-order valence-corrected chi connectivity index (χ3v) is 11.9. The summed E-state index contributed by atoms with van der Waals surface area (Å²) in [4.78, 5) is 66.6. The van der Waals surface area contributed by atoms with E-state index in [2.05, 4.69) is 17.2 Å². The molecule has 6 rings (SSSR count). The molecule has 4 aliphatic rings. The molecule has 1 amide bonds. The first-order valence-electron chi connectivity index (χ1n) is 16.8. The Hall–Kier alpha value is -4.09. The van der Waals surface area contributed by atoms with Crippen LogP contribution in [-0.2, 0) is 39.9 Å². The highest BCUT2D eigenvalue weighted by atomic mass is 16.5. The molecular formula is C37H44N2O9. The zero-order chi connectivity index (χ0) is 34.4. The van der Waals surface area contributed by atoms with Crippen molar-refractivity contribution in [3.63, 3.8) is 0 Å². The van der Waals surface area contributed by atoms with Crippen molar-refractivity contribution in [3.8, 4) is 0 Å². The number of ketones is 2. The van der Waals surface area contributed by atoms with Crippen molar-refractivity contribution in [2.75, 3.05) is 13.7 Å². The summed E-state index contributed by atoms with van der Waals surface area (Å²) in [7, 11) is 1.23. The van der Waals surface area contributed by atoms with E-state index in [9.17, 15) is 34.2 Å². The van der Waals surface area contributed by atoms with Gasteiger partial charge in [-0.1, -0.05) is 43.7 Å². The summed E-state index contributed by atoms with van der Waals surface area (Å²) < 4.78 is 10.1. The number of fused-ring (bicyclic) bond motifs is 6. The molecule has 256 valence electrons.